The lowest BCUT2D eigenvalue weighted by Gasteiger charge is -2.40. The maximum absolute atomic E-state index is 14.1. The smallest absolute Gasteiger partial charge is 0.427 e. The molecule has 1 unspecified atom stereocenters. The monoisotopic (exact) mass is 340 g/mol. The van der Waals surface area contributed by atoms with Crippen molar-refractivity contribution in [2.24, 2.45) is 0 Å². The number of para-hydroxylation sites is 1. The summed E-state index contributed by atoms with van der Waals surface area (Å²) in [6.45, 7) is 1.21. The molecule has 1 aliphatic rings. The fourth-order valence-corrected chi connectivity index (χ4v) is 2.62. The van der Waals surface area contributed by atoms with Crippen LogP contribution in [0, 0.1) is 5.82 Å². The lowest BCUT2D eigenvalue weighted by atomic mass is 10.1. The van der Waals surface area contributed by atoms with Crippen LogP contribution in [0.1, 0.15) is 24.2 Å². The maximum atomic E-state index is 14.1. The molecule has 1 aromatic heterocycles. The molecule has 1 aliphatic heterocycles. The molecule has 0 bridgehead atoms. The number of aromatic nitrogens is 1. The van der Waals surface area contributed by atoms with E-state index >= 15 is 0 Å². The van der Waals surface area contributed by atoms with E-state index in [1.165, 1.54) is 25.3 Å². The SMILES string of the molecule is C[C@H](O)c1cccc2c1OC(F)(F)C(O)N2Cc1cncc(F)c1. The summed E-state index contributed by atoms with van der Waals surface area (Å²) in [5.41, 5.74) is 0.651. The molecule has 2 N–H and O–H groups in total. The molecule has 0 aliphatic carbocycles. The highest BCUT2D eigenvalue weighted by atomic mass is 19.3. The summed E-state index contributed by atoms with van der Waals surface area (Å²) in [6.07, 6.45) is -4.88. The molecule has 0 spiro atoms. The van der Waals surface area contributed by atoms with Gasteiger partial charge in [-0.05, 0) is 24.6 Å². The second-order valence-corrected chi connectivity index (χ2v) is 5.55. The molecule has 0 amide bonds. The molecule has 3 rings (SSSR count). The average molecular weight is 340 g/mol. The third kappa shape index (κ3) is 2.90. The number of aliphatic hydroxyl groups is 2. The van der Waals surface area contributed by atoms with Crippen molar-refractivity contribution in [2.45, 2.75) is 31.9 Å². The molecule has 0 saturated carbocycles. The quantitative estimate of drug-likeness (QED) is 0.899. The number of hydrogen-bond donors (Lipinski definition) is 2. The van der Waals surface area contributed by atoms with Crippen molar-refractivity contribution in [3.05, 3.63) is 53.6 Å². The number of rotatable bonds is 3. The van der Waals surface area contributed by atoms with Crippen LogP contribution in [0.15, 0.2) is 36.7 Å². The van der Waals surface area contributed by atoms with E-state index in [0.29, 0.717) is 5.56 Å². The number of aliphatic hydroxyl groups excluding tert-OH is 2. The van der Waals surface area contributed by atoms with Gasteiger partial charge in [0.25, 0.3) is 0 Å². The number of ether oxygens (including phenoxy) is 1. The minimum absolute atomic E-state index is 0.168. The summed E-state index contributed by atoms with van der Waals surface area (Å²) in [4.78, 5) is 4.66. The fraction of sp³-hybridized carbons (Fsp3) is 0.312. The van der Waals surface area contributed by atoms with Crippen molar-refractivity contribution in [1.82, 2.24) is 4.98 Å². The Kier molecular flexibility index (Phi) is 4.10. The van der Waals surface area contributed by atoms with Crippen molar-refractivity contribution in [3.8, 4) is 5.75 Å². The number of fused-ring (bicyclic) bond motifs is 1. The number of alkyl halides is 2. The van der Waals surface area contributed by atoms with E-state index in [-0.39, 0.29) is 23.5 Å². The van der Waals surface area contributed by atoms with Crippen LogP contribution in [-0.2, 0) is 6.54 Å². The van der Waals surface area contributed by atoms with Crippen molar-refractivity contribution in [3.63, 3.8) is 0 Å². The van der Waals surface area contributed by atoms with Crippen LogP contribution in [0.4, 0.5) is 18.9 Å². The van der Waals surface area contributed by atoms with E-state index < -0.39 is 24.3 Å². The molecule has 2 aromatic rings. The second kappa shape index (κ2) is 5.95. The highest BCUT2D eigenvalue weighted by molar-refractivity contribution is 5.64. The standard InChI is InChI=1S/C16H15F3N2O3/c1-9(22)12-3-2-4-13-14(12)24-16(18,19)15(23)21(13)8-10-5-11(17)7-20-6-10/h2-7,9,15,22-23H,8H2,1H3/t9-,15?/m0/s1. The Bertz CT molecular complexity index is 755. The van der Waals surface area contributed by atoms with Crippen molar-refractivity contribution in [2.75, 3.05) is 4.90 Å². The molecule has 2 atom stereocenters. The van der Waals surface area contributed by atoms with E-state index in [4.69, 9.17) is 0 Å². The van der Waals surface area contributed by atoms with Crippen LogP contribution < -0.4 is 9.64 Å². The Labute approximate surface area is 135 Å². The number of benzene rings is 1. The number of hydrogen-bond acceptors (Lipinski definition) is 5. The predicted molar refractivity (Wildman–Crippen MR) is 79.0 cm³/mol. The van der Waals surface area contributed by atoms with E-state index in [0.717, 1.165) is 17.2 Å². The first-order valence-corrected chi connectivity index (χ1v) is 7.21. The highest BCUT2D eigenvalue weighted by Gasteiger charge is 2.50. The van der Waals surface area contributed by atoms with Gasteiger partial charge < -0.3 is 19.8 Å². The van der Waals surface area contributed by atoms with Gasteiger partial charge in [-0.25, -0.2) is 4.39 Å². The van der Waals surface area contributed by atoms with Gasteiger partial charge in [-0.2, -0.15) is 8.78 Å². The average Bonchev–Trinajstić information content (AvgIpc) is 2.51. The number of anilines is 1. The van der Waals surface area contributed by atoms with Crippen molar-refractivity contribution >= 4 is 5.69 Å². The molecule has 0 saturated heterocycles. The number of nitrogens with zero attached hydrogens (tertiary/aromatic N) is 2. The van der Waals surface area contributed by atoms with Crippen LogP contribution in [0.2, 0.25) is 0 Å². The van der Waals surface area contributed by atoms with Gasteiger partial charge in [0, 0.05) is 18.3 Å². The zero-order valence-corrected chi connectivity index (χ0v) is 12.7. The fourth-order valence-electron chi connectivity index (χ4n) is 2.62. The Hall–Kier alpha value is -2.32. The third-order valence-electron chi connectivity index (χ3n) is 3.73. The molecule has 0 radical (unpaired) electrons. The van der Waals surface area contributed by atoms with Crippen LogP contribution in [0.3, 0.4) is 0 Å². The molecular weight excluding hydrogens is 325 g/mol. The van der Waals surface area contributed by atoms with E-state index in [1.54, 1.807) is 6.07 Å². The summed E-state index contributed by atoms with van der Waals surface area (Å²) < 4.78 is 46.1. The Morgan fingerprint density at radius 2 is 2.12 bits per heavy atom. The highest BCUT2D eigenvalue weighted by Crippen LogP contribution is 2.45. The Morgan fingerprint density at radius 1 is 1.38 bits per heavy atom. The molecule has 128 valence electrons. The van der Waals surface area contributed by atoms with Crippen LogP contribution in [-0.4, -0.2) is 27.5 Å². The molecule has 5 nitrogen and oxygen atoms in total. The zero-order valence-electron chi connectivity index (χ0n) is 12.7. The lowest BCUT2D eigenvalue weighted by molar-refractivity contribution is -0.246. The van der Waals surface area contributed by atoms with Crippen LogP contribution in [0.5, 0.6) is 5.75 Å². The first-order chi connectivity index (χ1) is 11.3. The number of pyridine rings is 1. The van der Waals surface area contributed by atoms with E-state index in [2.05, 4.69) is 9.72 Å². The predicted octanol–water partition coefficient (Wildman–Crippen LogP) is 2.58. The third-order valence-corrected chi connectivity index (χ3v) is 3.73. The molecular formula is C16H15F3N2O3. The first-order valence-electron chi connectivity index (χ1n) is 7.21. The summed E-state index contributed by atoms with van der Waals surface area (Å²) in [6, 6.07) is 5.63. The molecule has 0 fully saturated rings. The molecule has 8 heteroatoms. The second-order valence-electron chi connectivity index (χ2n) is 5.55. The van der Waals surface area contributed by atoms with E-state index in [1.807, 2.05) is 0 Å². The van der Waals surface area contributed by atoms with Crippen molar-refractivity contribution in [1.29, 1.82) is 0 Å². The van der Waals surface area contributed by atoms with Gasteiger partial charge in [-0.1, -0.05) is 12.1 Å². The minimum Gasteiger partial charge on any atom is -0.427 e. The van der Waals surface area contributed by atoms with Gasteiger partial charge in [-0.15, -0.1) is 0 Å². The maximum Gasteiger partial charge on any atom is 0.444 e. The number of halogens is 3. The summed E-state index contributed by atoms with van der Waals surface area (Å²) >= 11 is 0. The van der Waals surface area contributed by atoms with Crippen LogP contribution in [0.25, 0.3) is 0 Å². The molecule has 2 heterocycles. The largest absolute Gasteiger partial charge is 0.444 e. The van der Waals surface area contributed by atoms with Gasteiger partial charge in [0.1, 0.15) is 5.82 Å². The zero-order chi connectivity index (χ0) is 17.5. The van der Waals surface area contributed by atoms with E-state index in [9.17, 15) is 23.4 Å². The summed E-state index contributed by atoms with van der Waals surface area (Å²) in [5, 5.41) is 19.7. The van der Waals surface area contributed by atoms with Gasteiger partial charge in [0.15, 0.2) is 5.75 Å². The van der Waals surface area contributed by atoms with Gasteiger partial charge in [0.05, 0.1) is 18.0 Å². The molecule has 24 heavy (non-hydrogen) atoms. The summed E-state index contributed by atoms with van der Waals surface area (Å²) in [5.74, 6) is -0.827. The van der Waals surface area contributed by atoms with Gasteiger partial charge in [-0.3, -0.25) is 4.98 Å². The summed E-state index contributed by atoms with van der Waals surface area (Å²) in [7, 11) is 0. The first kappa shape index (κ1) is 16.5. The van der Waals surface area contributed by atoms with Crippen LogP contribution >= 0.6 is 0 Å². The van der Waals surface area contributed by atoms with Crippen molar-refractivity contribution < 1.29 is 28.1 Å². The normalized spacial score (nSPS) is 20.2. The topological polar surface area (TPSA) is 65.8 Å². The van der Waals surface area contributed by atoms with Gasteiger partial charge in [0.2, 0.25) is 6.23 Å². The molecule has 1 aromatic carbocycles. The van der Waals surface area contributed by atoms with Gasteiger partial charge >= 0.3 is 6.11 Å². The Morgan fingerprint density at radius 3 is 2.79 bits per heavy atom. The minimum atomic E-state index is -3.89. The Balaban J connectivity index is 2.07. The lowest BCUT2D eigenvalue weighted by Crippen LogP contribution is -2.54.